The Balaban J connectivity index is 1.87. The van der Waals surface area contributed by atoms with E-state index in [1.807, 2.05) is 6.92 Å². The van der Waals surface area contributed by atoms with E-state index in [0.29, 0.717) is 5.41 Å². The third-order valence-electron chi connectivity index (χ3n) is 6.05. The normalized spacial score (nSPS) is 38.0. The number of nitriles is 1. The first-order valence-electron chi connectivity index (χ1n) is 7.98. The van der Waals surface area contributed by atoms with Crippen LogP contribution < -0.4 is 0 Å². The summed E-state index contributed by atoms with van der Waals surface area (Å²) in [5.74, 6) is 2.75. The minimum absolute atomic E-state index is 0.304. The first-order valence-corrected chi connectivity index (χ1v) is 7.98. The van der Waals surface area contributed by atoms with E-state index in [1.165, 1.54) is 44.1 Å². The largest absolute Gasteiger partial charge is 0.257 e. The highest BCUT2D eigenvalue weighted by Gasteiger charge is 2.52. The van der Waals surface area contributed by atoms with Crippen molar-refractivity contribution in [2.75, 3.05) is 0 Å². The molecule has 4 aliphatic rings. The fraction of sp³-hybridized carbons (Fsp3) is 0.667. The standard InChI is InChI=1S/C18H22N2/c1-11-3-17(16(10-19)12(2)20-11)18-7-13-4-14(8-18)6-15(5-13)9-18/h3,13-15H,4-9H2,1-2H3. The van der Waals surface area contributed by atoms with Crippen LogP contribution in [0.25, 0.3) is 0 Å². The summed E-state index contributed by atoms with van der Waals surface area (Å²) < 4.78 is 0. The highest BCUT2D eigenvalue weighted by Crippen LogP contribution is 2.61. The van der Waals surface area contributed by atoms with Gasteiger partial charge >= 0.3 is 0 Å². The molecule has 0 saturated heterocycles. The molecule has 1 heterocycles. The third kappa shape index (κ3) is 1.65. The molecule has 4 fully saturated rings. The molecule has 0 radical (unpaired) electrons. The summed E-state index contributed by atoms with van der Waals surface area (Å²) in [5.41, 5.74) is 4.52. The first-order chi connectivity index (χ1) is 9.59. The molecule has 1 aromatic rings. The minimum Gasteiger partial charge on any atom is -0.257 e. The molecule has 4 bridgehead atoms. The highest BCUT2D eigenvalue weighted by molar-refractivity contribution is 5.47. The smallest absolute Gasteiger partial charge is 0.101 e. The van der Waals surface area contributed by atoms with Crippen LogP contribution in [0.5, 0.6) is 0 Å². The van der Waals surface area contributed by atoms with Gasteiger partial charge in [0.2, 0.25) is 0 Å². The second kappa shape index (κ2) is 4.07. The zero-order valence-corrected chi connectivity index (χ0v) is 12.4. The Morgan fingerprint density at radius 3 is 2.15 bits per heavy atom. The van der Waals surface area contributed by atoms with E-state index in [1.54, 1.807) is 0 Å². The van der Waals surface area contributed by atoms with Gasteiger partial charge in [-0.15, -0.1) is 0 Å². The molecule has 2 heteroatoms. The van der Waals surface area contributed by atoms with Crippen LogP contribution >= 0.6 is 0 Å². The van der Waals surface area contributed by atoms with E-state index in [0.717, 1.165) is 34.7 Å². The lowest BCUT2D eigenvalue weighted by Crippen LogP contribution is -2.49. The second-order valence-corrected chi connectivity index (χ2v) is 7.58. The van der Waals surface area contributed by atoms with E-state index < -0.39 is 0 Å². The van der Waals surface area contributed by atoms with Crippen molar-refractivity contribution in [1.29, 1.82) is 5.26 Å². The Morgan fingerprint density at radius 2 is 1.65 bits per heavy atom. The fourth-order valence-electron chi connectivity index (χ4n) is 5.83. The molecule has 5 rings (SSSR count). The Hall–Kier alpha value is -1.36. The molecule has 4 saturated carbocycles. The zero-order chi connectivity index (χ0) is 13.9. The number of pyridine rings is 1. The lowest BCUT2D eigenvalue weighted by molar-refractivity contribution is -0.00540. The number of nitrogens with zero attached hydrogens (tertiary/aromatic N) is 2. The van der Waals surface area contributed by atoms with Gasteiger partial charge in [0, 0.05) is 5.69 Å². The van der Waals surface area contributed by atoms with Crippen LogP contribution in [0.2, 0.25) is 0 Å². The summed E-state index contributed by atoms with van der Waals surface area (Å²) in [6.45, 7) is 4.06. The molecule has 4 aliphatic carbocycles. The van der Waals surface area contributed by atoms with Gasteiger partial charge in [0.15, 0.2) is 0 Å². The maximum atomic E-state index is 9.60. The van der Waals surface area contributed by atoms with E-state index >= 15 is 0 Å². The summed E-state index contributed by atoms with van der Waals surface area (Å²) in [4.78, 5) is 4.51. The molecule has 0 atom stereocenters. The summed E-state index contributed by atoms with van der Waals surface area (Å²) in [6.07, 6.45) is 8.29. The van der Waals surface area contributed by atoms with Gasteiger partial charge in [-0.1, -0.05) is 0 Å². The van der Waals surface area contributed by atoms with Gasteiger partial charge < -0.3 is 0 Å². The molecule has 0 spiro atoms. The highest BCUT2D eigenvalue weighted by atomic mass is 14.7. The number of aryl methyl sites for hydroxylation is 2. The molecular weight excluding hydrogens is 244 g/mol. The summed E-state index contributed by atoms with van der Waals surface area (Å²) in [6, 6.07) is 4.67. The van der Waals surface area contributed by atoms with Crippen LogP contribution in [0.4, 0.5) is 0 Å². The van der Waals surface area contributed by atoms with Gasteiger partial charge in [0.25, 0.3) is 0 Å². The zero-order valence-electron chi connectivity index (χ0n) is 12.4. The molecule has 0 aromatic carbocycles. The van der Waals surface area contributed by atoms with Crippen molar-refractivity contribution < 1.29 is 0 Å². The maximum Gasteiger partial charge on any atom is 0.101 e. The quantitative estimate of drug-likeness (QED) is 0.769. The predicted octanol–water partition coefficient (Wildman–Crippen LogP) is 4.04. The molecule has 104 valence electrons. The monoisotopic (exact) mass is 266 g/mol. The van der Waals surface area contributed by atoms with Crippen molar-refractivity contribution in [3.8, 4) is 6.07 Å². The number of hydrogen-bond donors (Lipinski definition) is 0. The Morgan fingerprint density at radius 1 is 1.10 bits per heavy atom. The van der Waals surface area contributed by atoms with E-state index in [2.05, 4.69) is 24.0 Å². The third-order valence-corrected chi connectivity index (χ3v) is 6.05. The lowest BCUT2D eigenvalue weighted by atomic mass is 9.47. The SMILES string of the molecule is Cc1cc(C23CC4CC(CC(C4)C2)C3)c(C#N)c(C)n1. The first kappa shape index (κ1) is 12.4. The van der Waals surface area contributed by atoms with Crippen LogP contribution in [0.1, 0.15) is 61.0 Å². The molecule has 1 aromatic heterocycles. The number of hydrogen-bond acceptors (Lipinski definition) is 2. The van der Waals surface area contributed by atoms with Crippen molar-refractivity contribution in [3.63, 3.8) is 0 Å². The molecule has 0 aliphatic heterocycles. The van der Waals surface area contributed by atoms with Gasteiger partial charge in [-0.3, -0.25) is 4.98 Å². The van der Waals surface area contributed by atoms with Gasteiger partial charge in [0.05, 0.1) is 11.3 Å². The molecule has 2 nitrogen and oxygen atoms in total. The molecule has 0 N–H and O–H groups in total. The van der Waals surface area contributed by atoms with Crippen molar-refractivity contribution in [2.24, 2.45) is 17.8 Å². The molecule has 0 unspecified atom stereocenters. The number of rotatable bonds is 1. The number of aromatic nitrogens is 1. The van der Waals surface area contributed by atoms with Crippen LogP contribution in [0.15, 0.2) is 6.07 Å². The van der Waals surface area contributed by atoms with Gasteiger partial charge in [-0.05, 0) is 87.2 Å². The lowest BCUT2D eigenvalue weighted by Gasteiger charge is -2.57. The maximum absolute atomic E-state index is 9.60. The Kier molecular flexibility index (Phi) is 2.52. The topological polar surface area (TPSA) is 36.7 Å². The van der Waals surface area contributed by atoms with E-state index in [-0.39, 0.29) is 0 Å². The van der Waals surface area contributed by atoms with Crippen LogP contribution in [0, 0.1) is 42.9 Å². The van der Waals surface area contributed by atoms with Crippen LogP contribution in [-0.2, 0) is 5.41 Å². The van der Waals surface area contributed by atoms with Crippen LogP contribution in [-0.4, -0.2) is 4.98 Å². The average molecular weight is 266 g/mol. The second-order valence-electron chi connectivity index (χ2n) is 7.58. The van der Waals surface area contributed by atoms with Crippen molar-refractivity contribution in [2.45, 2.75) is 57.8 Å². The molecular formula is C18H22N2. The fourth-order valence-corrected chi connectivity index (χ4v) is 5.83. The summed E-state index contributed by atoms with van der Waals surface area (Å²) in [7, 11) is 0. The minimum atomic E-state index is 0.304. The van der Waals surface area contributed by atoms with Crippen LogP contribution in [0.3, 0.4) is 0 Å². The van der Waals surface area contributed by atoms with Crippen molar-refractivity contribution in [1.82, 2.24) is 4.98 Å². The molecule has 0 amide bonds. The van der Waals surface area contributed by atoms with Crippen molar-refractivity contribution in [3.05, 3.63) is 28.6 Å². The van der Waals surface area contributed by atoms with E-state index in [4.69, 9.17) is 0 Å². The van der Waals surface area contributed by atoms with E-state index in [9.17, 15) is 5.26 Å². The molecule has 20 heavy (non-hydrogen) atoms. The Labute approximate surface area is 121 Å². The van der Waals surface area contributed by atoms with Gasteiger partial charge in [0.1, 0.15) is 6.07 Å². The predicted molar refractivity (Wildman–Crippen MR) is 78.3 cm³/mol. The summed E-state index contributed by atoms with van der Waals surface area (Å²) >= 11 is 0. The van der Waals surface area contributed by atoms with Gasteiger partial charge in [-0.2, -0.15) is 5.26 Å². The average Bonchev–Trinajstić information content (AvgIpc) is 2.36. The summed E-state index contributed by atoms with van der Waals surface area (Å²) in [5, 5.41) is 9.60. The Bertz CT molecular complexity index is 573. The van der Waals surface area contributed by atoms with Gasteiger partial charge in [-0.25, -0.2) is 0 Å². The van der Waals surface area contributed by atoms with Crippen molar-refractivity contribution >= 4 is 0 Å².